The summed E-state index contributed by atoms with van der Waals surface area (Å²) < 4.78 is 0. The van der Waals surface area contributed by atoms with Crippen LogP contribution in [-0.4, -0.2) is 11.0 Å². The van der Waals surface area contributed by atoms with Gasteiger partial charge >= 0.3 is 5.00 Å². The molecule has 1 N–H and O–H groups in total. The fourth-order valence-electron chi connectivity index (χ4n) is 2.48. The highest BCUT2D eigenvalue weighted by Crippen LogP contribution is 2.62. The summed E-state index contributed by atoms with van der Waals surface area (Å²) in [5.41, 5.74) is 1.60. The van der Waals surface area contributed by atoms with Crippen molar-refractivity contribution in [2.45, 2.75) is 40.3 Å². The molecule has 0 amide bonds. The largest absolute Gasteiger partial charge is 0.324 e. The van der Waals surface area contributed by atoms with E-state index in [-0.39, 0.29) is 9.92 Å². The van der Waals surface area contributed by atoms with Crippen LogP contribution < -0.4 is 5.32 Å². The first kappa shape index (κ1) is 12.5. The second-order valence-electron chi connectivity index (χ2n) is 5.81. The maximum atomic E-state index is 10.6. The Bertz CT molecular complexity index is 437. The average molecular weight is 254 g/mol. The second-order valence-corrected chi connectivity index (χ2v) is 6.70. The molecule has 0 aliphatic heterocycles. The highest BCUT2D eigenvalue weighted by Gasteiger charge is 2.64. The third-order valence-corrected chi connectivity index (χ3v) is 5.28. The molecule has 0 bridgehead atoms. The first-order chi connectivity index (χ1) is 7.76. The van der Waals surface area contributed by atoms with Gasteiger partial charge < -0.3 is 5.32 Å². The van der Waals surface area contributed by atoms with Gasteiger partial charge in [-0.2, -0.15) is 0 Å². The van der Waals surface area contributed by atoms with Crippen molar-refractivity contribution in [2.75, 3.05) is 0 Å². The molecule has 1 aliphatic carbocycles. The van der Waals surface area contributed by atoms with E-state index < -0.39 is 0 Å². The second kappa shape index (κ2) is 3.78. The third-order valence-electron chi connectivity index (χ3n) is 4.35. The zero-order chi connectivity index (χ0) is 12.8. The Morgan fingerprint density at radius 2 is 2.00 bits per heavy atom. The number of nitrogens with one attached hydrogen (secondary N) is 1. The van der Waals surface area contributed by atoms with Gasteiger partial charge in [0.2, 0.25) is 0 Å². The molecule has 0 aromatic carbocycles. The molecule has 94 valence electrons. The molecule has 0 spiro atoms. The van der Waals surface area contributed by atoms with E-state index in [1.807, 2.05) is 5.38 Å². The Hall–Kier alpha value is -0.940. The van der Waals surface area contributed by atoms with Gasteiger partial charge in [0, 0.05) is 24.0 Å². The van der Waals surface area contributed by atoms with Crippen molar-refractivity contribution in [2.24, 2.45) is 10.8 Å². The lowest BCUT2D eigenvalue weighted by Gasteiger charge is -2.04. The van der Waals surface area contributed by atoms with Crippen LogP contribution in [0.2, 0.25) is 0 Å². The third kappa shape index (κ3) is 1.98. The van der Waals surface area contributed by atoms with Gasteiger partial charge in [-0.15, -0.1) is 0 Å². The van der Waals surface area contributed by atoms with E-state index in [1.165, 1.54) is 11.3 Å². The van der Waals surface area contributed by atoms with Gasteiger partial charge in [0.25, 0.3) is 0 Å². The Morgan fingerprint density at radius 3 is 2.41 bits per heavy atom. The number of rotatable bonds is 4. The highest BCUT2D eigenvalue weighted by atomic mass is 32.1. The van der Waals surface area contributed by atoms with Crippen molar-refractivity contribution in [3.05, 3.63) is 27.1 Å². The normalized spacial score (nSPS) is 21.4. The van der Waals surface area contributed by atoms with Gasteiger partial charge in [-0.3, -0.25) is 10.1 Å². The van der Waals surface area contributed by atoms with Crippen molar-refractivity contribution in [1.29, 1.82) is 0 Å². The molecule has 0 radical (unpaired) electrons. The van der Waals surface area contributed by atoms with Crippen LogP contribution in [0.1, 0.15) is 33.3 Å². The minimum atomic E-state index is -0.334. The maximum Gasteiger partial charge on any atom is 0.324 e. The fraction of sp³-hybridized carbons (Fsp3) is 0.667. The van der Waals surface area contributed by atoms with E-state index in [2.05, 4.69) is 33.0 Å². The summed E-state index contributed by atoms with van der Waals surface area (Å²) in [5, 5.41) is 16.1. The molecule has 1 aliphatic rings. The lowest BCUT2D eigenvalue weighted by molar-refractivity contribution is -0.380. The topological polar surface area (TPSA) is 55.2 Å². The molecule has 1 heterocycles. The average Bonchev–Trinajstić information content (AvgIpc) is 2.58. The number of thiophene rings is 1. The predicted octanol–water partition coefficient (Wildman–Crippen LogP) is 3.18. The summed E-state index contributed by atoms with van der Waals surface area (Å²) in [7, 11) is 0. The molecule has 0 saturated heterocycles. The minimum absolute atomic E-state index is 0.219. The number of hydrogen-bond acceptors (Lipinski definition) is 4. The first-order valence-corrected chi connectivity index (χ1v) is 6.60. The zero-order valence-corrected chi connectivity index (χ0v) is 11.4. The summed E-state index contributed by atoms with van der Waals surface area (Å²) in [4.78, 5) is 10.2. The number of hydrogen-bond donors (Lipinski definition) is 1. The smallest absolute Gasteiger partial charge is 0.309 e. The summed E-state index contributed by atoms with van der Waals surface area (Å²) in [6.45, 7) is 9.71. The SMILES string of the molecule is CC1(C)C(NCc2csc([N+](=O)[O-])c2)C1(C)C. The zero-order valence-electron chi connectivity index (χ0n) is 10.6. The molecule has 1 fully saturated rings. The quantitative estimate of drug-likeness (QED) is 0.663. The molecular formula is C12H18N2O2S. The fourth-order valence-corrected chi connectivity index (χ4v) is 3.21. The van der Waals surface area contributed by atoms with Crippen molar-refractivity contribution < 1.29 is 4.92 Å². The van der Waals surface area contributed by atoms with Crippen LogP contribution in [0.4, 0.5) is 5.00 Å². The van der Waals surface area contributed by atoms with Gasteiger partial charge in [-0.05, 0) is 16.4 Å². The molecule has 0 unspecified atom stereocenters. The van der Waals surface area contributed by atoms with Crippen LogP contribution in [0.15, 0.2) is 11.4 Å². The standard InChI is InChI=1S/C12H18N2O2S/c1-11(2)10(12(11,3)4)13-6-8-5-9(14(15)16)17-7-8/h5,7,10,13H,6H2,1-4H3. The summed E-state index contributed by atoms with van der Waals surface area (Å²) in [6.07, 6.45) is 0. The number of nitro groups is 1. The molecule has 1 saturated carbocycles. The van der Waals surface area contributed by atoms with Crippen LogP contribution in [0.5, 0.6) is 0 Å². The Balaban J connectivity index is 1.93. The molecule has 5 heteroatoms. The molecule has 17 heavy (non-hydrogen) atoms. The van der Waals surface area contributed by atoms with Gasteiger partial charge in [0.1, 0.15) is 0 Å². The highest BCUT2D eigenvalue weighted by molar-refractivity contribution is 7.13. The van der Waals surface area contributed by atoms with Crippen LogP contribution >= 0.6 is 11.3 Å². The van der Waals surface area contributed by atoms with E-state index in [0.717, 1.165) is 5.56 Å². The number of nitrogens with zero attached hydrogens (tertiary/aromatic N) is 1. The van der Waals surface area contributed by atoms with E-state index in [1.54, 1.807) is 6.07 Å². The van der Waals surface area contributed by atoms with Crippen LogP contribution in [0.25, 0.3) is 0 Å². The van der Waals surface area contributed by atoms with Gasteiger partial charge in [-0.25, -0.2) is 0 Å². The van der Waals surface area contributed by atoms with Crippen LogP contribution in [-0.2, 0) is 6.54 Å². The monoisotopic (exact) mass is 254 g/mol. The first-order valence-electron chi connectivity index (χ1n) is 5.72. The minimum Gasteiger partial charge on any atom is -0.309 e. The van der Waals surface area contributed by atoms with Gasteiger partial charge in [0.15, 0.2) is 0 Å². The van der Waals surface area contributed by atoms with Crippen molar-refractivity contribution >= 4 is 16.3 Å². The molecular weight excluding hydrogens is 236 g/mol. The van der Waals surface area contributed by atoms with Gasteiger partial charge in [-0.1, -0.05) is 39.0 Å². The lowest BCUT2D eigenvalue weighted by atomic mass is 10.0. The van der Waals surface area contributed by atoms with Crippen LogP contribution in [0.3, 0.4) is 0 Å². The molecule has 4 nitrogen and oxygen atoms in total. The molecule has 0 atom stereocenters. The summed E-state index contributed by atoms with van der Waals surface area (Å²) in [6, 6.07) is 2.13. The molecule has 2 rings (SSSR count). The Kier molecular flexibility index (Phi) is 2.78. The Morgan fingerprint density at radius 1 is 1.41 bits per heavy atom. The van der Waals surface area contributed by atoms with Crippen LogP contribution in [0, 0.1) is 20.9 Å². The molecule has 1 aromatic heterocycles. The van der Waals surface area contributed by atoms with Crippen molar-refractivity contribution in [3.63, 3.8) is 0 Å². The molecule has 1 aromatic rings. The van der Waals surface area contributed by atoms with E-state index in [4.69, 9.17) is 0 Å². The van der Waals surface area contributed by atoms with E-state index in [0.29, 0.717) is 23.4 Å². The van der Waals surface area contributed by atoms with E-state index in [9.17, 15) is 10.1 Å². The predicted molar refractivity (Wildman–Crippen MR) is 69.2 cm³/mol. The van der Waals surface area contributed by atoms with Crippen molar-refractivity contribution in [1.82, 2.24) is 5.32 Å². The maximum absolute atomic E-state index is 10.6. The van der Waals surface area contributed by atoms with E-state index >= 15 is 0 Å². The lowest BCUT2D eigenvalue weighted by Crippen LogP contribution is -2.21. The Labute approximate surface area is 105 Å². The summed E-state index contributed by atoms with van der Waals surface area (Å²) in [5.74, 6) is 0. The summed E-state index contributed by atoms with van der Waals surface area (Å²) >= 11 is 1.19. The van der Waals surface area contributed by atoms with Gasteiger partial charge in [0.05, 0.1) is 4.92 Å². The van der Waals surface area contributed by atoms with Crippen molar-refractivity contribution in [3.8, 4) is 0 Å².